The minimum Gasteiger partial charge on any atom is -0.478 e. The van der Waals surface area contributed by atoms with Gasteiger partial charge in [0.1, 0.15) is 0 Å². The molecule has 0 saturated heterocycles. The highest BCUT2D eigenvalue weighted by molar-refractivity contribution is 5.97. The van der Waals surface area contributed by atoms with Crippen LogP contribution in [0, 0.1) is 0 Å². The number of carbonyl (C=O) groups is 2. The van der Waals surface area contributed by atoms with Gasteiger partial charge in [-0.15, -0.1) is 0 Å². The van der Waals surface area contributed by atoms with E-state index in [1.165, 1.54) is 83.5 Å². The van der Waals surface area contributed by atoms with E-state index in [4.69, 9.17) is 0 Å². The molecule has 0 amide bonds. The number of carboxylic acids is 2. The number of aryl methyl sites for hydroxylation is 1. The zero-order chi connectivity index (χ0) is 25.0. The number of benzene rings is 1. The number of hydrogen-bond donors (Lipinski definition) is 2. The van der Waals surface area contributed by atoms with Gasteiger partial charge in [-0.05, 0) is 42.9 Å². The maximum atomic E-state index is 12.1. The molecule has 1 aromatic rings. The standard InChI is InChI=1S/C30H50O4/c1-3-5-7-9-11-13-15-17-19-21-25-23-24-27(29(31)32)26(28(25)30(33)34)22-20-18-16-14-12-10-8-6-4-2/h23-24H,3-22H2,1-2H3,(H,31,32)(H,33,34). The van der Waals surface area contributed by atoms with E-state index in [1.54, 1.807) is 12.1 Å². The molecule has 4 nitrogen and oxygen atoms in total. The summed E-state index contributed by atoms with van der Waals surface area (Å²) in [7, 11) is 0. The van der Waals surface area contributed by atoms with Crippen LogP contribution >= 0.6 is 0 Å². The second kappa shape index (κ2) is 19.5. The third-order valence-corrected chi connectivity index (χ3v) is 6.92. The molecule has 0 aliphatic heterocycles. The minimum atomic E-state index is -1.02. The number of aromatic carboxylic acids is 2. The second-order valence-electron chi connectivity index (χ2n) is 9.89. The fourth-order valence-electron chi connectivity index (χ4n) is 4.87. The largest absolute Gasteiger partial charge is 0.478 e. The molecule has 0 aromatic heterocycles. The Kier molecular flexibility index (Phi) is 17.3. The van der Waals surface area contributed by atoms with E-state index in [0.717, 1.165) is 37.7 Å². The van der Waals surface area contributed by atoms with Crippen LogP contribution in [0.3, 0.4) is 0 Å². The minimum absolute atomic E-state index is 0.160. The first-order valence-corrected chi connectivity index (χ1v) is 14.1. The first kappa shape index (κ1) is 30.2. The van der Waals surface area contributed by atoms with Crippen LogP contribution in [0.1, 0.15) is 161 Å². The molecule has 0 radical (unpaired) electrons. The average molecular weight is 475 g/mol. The molecule has 0 spiro atoms. The molecular weight excluding hydrogens is 424 g/mol. The first-order valence-electron chi connectivity index (χ1n) is 14.1. The van der Waals surface area contributed by atoms with Gasteiger partial charge < -0.3 is 10.2 Å². The zero-order valence-electron chi connectivity index (χ0n) is 22.0. The van der Waals surface area contributed by atoms with Crippen molar-refractivity contribution in [2.75, 3.05) is 0 Å². The lowest BCUT2D eigenvalue weighted by atomic mass is 9.89. The summed E-state index contributed by atoms with van der Waals surface area (Å²) in [5, 5.41) is 19.6. The summed E-state index contributed by atoms with van der Waals surface area (Å²) < 4.78 is 0. The first-order chi connectivity index (χ1) is 16.5. The van der Waals surface area contributed by atoms with Gasteiger partial charge in [-0.3, -0.25) is 0 Å². The Bertz CT molecular complexity index is 695. The number of hydrogen-bond acceptors (Lipinski definition) is 2. The van der Waals surface area contributed by atoms with Crippen LogP contribution in [0.25, 0.3) is 0 Å². The van der Waals surface area contributed by atoms with Crippen molar-refractivity contribution in [1.29, 1.82) is 0 Å². The average Bonchev–Trinajstić information content (AvgIpc) is 2.81. The van der Waals surface area contributed by atoms with E-state index in [9.17, 15) is 19.8 Å². The van der Waals surface area contributed by atoms with Gasteiger partial charge in [0.05, 0.1) is 11.1 Å². The van der Waals surface area contributed by atoms with E-state index in [-0.39, 0.29) is 11.1 Å². The van der Waals surface area contributed by atoms with Crippen LogP contribution in [-0.4, -0.2) is 22.2 Å². The van der Waals surface area contributed by atoms with Crippen LogP contribution in [0.2, 0.25) is 0 Å². The fourth-order valence-corrected chi connectivity index (χ4v) is 4.87. The van der Waals surface area contributed by atoms with Crippen molar-refractivity contribution in [3.05, 3.63) is 34.4 Å². The fraction of sp³-hybridized carbons (Fsp3) is 0.733. The van der Waals surface area contributed by atoms with Gasteiger partial charge in [0.15, 0.2) is 0 Å². The Balaban J connectivity index is 2.58. The van der Waals surface area contributed by atoms with Gasteiger partial charge in [-0.25, -0.2) is 9.59 Å². The Morgan fingerprint density at radius 2 is 0.971 bits per heavy atom. The van der Waals surface area contributed by atoms with Gasteiger partial charge in [0, 0.05) is 0 Å². The molecule has 2 N–H and O–H groups in total. The summed E-state index contributed by atoms with van der Waals surface area (Å²) in [6.45, 7) is 4.46. The third-order valence-electron chi connectivity index (χ3n) is 6.92. The Labute approximate surface area is 208 Å². The van der Waals surface area contributed by atoms with Gasteiger partial charge in [0.2, 0.25) is 0 Å². The van der Waals surface area contributed by atoms with E-state index in [2.05, 4.69) is 13.8 Å². The normalized spacial score (nSPS) is 11.1. The van der Waals surface area contributed by atoms with Crippen LogP contribution in [0.5, 0.6) is 0 Å². The topological polar surface area (TPSA) is 74.6 Å². The van der Waals surface area contributed by atoms with Crippen LogP contribution in [-0.2, 0) is 12.8 Å². The highest BCUT2D eigenvalue weighted by Crippen LogP contribution is 2.25. The van der Waals surface area contributed by atoms with Crippen LogP contribution in [0.15, 0.2) is 12.1 Å². The predicted molar refractivity (Wildman–Crippen MR) is 142 cm³/mol. The third kappa shape index (κ3) is 12.6. The molecule has 0 fully saturated rings. The number of rotatable bonds is 22. The Morgan fingerprint density at radius 3 is 1.38 bits per heavy atom. The molecule has 0 aliphatic rings. The molecule has 0 aliphatic carbocycles. The van der Waals surface area contributed by atoms with Gasteiger partial charge in [0.25, 0.3) is 0 Å². The highest BCUT2D eigenvalue weighted by Gasteiger charge is 2.21. The van der Waals surface area contributed by atoms with E-state index in [0.29, 0.717) is 18.4 Å². The molecule has 194 valence electrons. The molecule has 0 saturated carbocycles. The van der Waals surface area contributed by atoms with Crippen molar-refractivity contribution in [2.24, 2.45) is 0 Å². The quantitative estimate of drug-likeness (QED) is 0.164. The summed E-state index contributed by atoms with van der Waals surface area (Å²) >= 11 is 0. The van der Waals surface area contributed by atoms with Crippen molar-refractivity contribution in [2.45, 2.75) is 142 Å². The maximum absolute atomic E-state index is 12.1. The monoisotopic (exact) mass is 474 g/mol. The molecule has 0 bridgehead atoms. The van der Waals surface area contributed by atoms with E-state index < -0.39 is 11.9 Å². The van der Waals surface area contributed by atoms with Crippen molar-refractivity contribution in [1.82, 2.24) is 0 Å². The lowest BCUT2D eigenvalue weighted by Gasteiger charge is -2.15. The lowest BCUT2D eigenvalue weighted by molar-refractivity contribution is 0.0694. The molecular formula is C30H50O4. The SMILES string of the molecule is CCCCCCCCCCCc1ccc(C(=O)O)c(CCCCCCCCCCC)c1C(=O)O. The molecule has 4 heteroatoms. The summed E-state index contributed by atoms with van der Waals surface area (Å²) in [6, 6.07) is 3.36. The zero-order valence-corrected chi connectivity index (χ0v) is 22.0. The smallest absolute Gasteiger partial charge is 0.336 e. The summed E-state index contributed by atoms with van der Waals surface area (Å²) in [5.74, 6) is -2.01. The Hall–Kier alpha value is -1.84. The van der Waals surface area contributed by atoms with Crippen LogP contribution < -0.4 is 0 Å². The molecule has 0 unspecified atom stereocenters. The number of unbranched alkanes of at least 4 members (excludes halogenated alkanes) is 16. The molecule has 34 heavy (non-hydrogen) atoms. The lowest BCUT2D eigenvalue weighted by Crippen LogP contribution is -2.13. The summed E-state index contributed by atoms with van der Waals surface area (Å²) in [5.41, 5.74) is 1.73. The van der Waals surface area contributed by atoms with Gasteiger partial charge in [-0.2, -0.15) is 0 Å². The highest BCUT2D eigenvalue weighted by atomic mass is 16.4. The summed E-state index contributed by atoms with van der Waals surface area (Å²) in [6.07, 6.45) is 22.9. The van der Waals surface area contributed by atoms with Crippen molar-refractivity contribution in [3.8, 4) is 0 Å². The predicted octanol–water partition coefficient (Wildman–Crippen LogP) is 9.23. The van der Waals surface area contributed by atoms with E-state index >= 15 is 0 Å². The summed E-state index contributed by atoms with van der Waals surface area (Å²) in [4.78, 5) is 23.9. The molecule has 0 atom stereocenters. The molecule has 1 aromatic carbocycles. The van der Waals surface area contributed by atoms with Crippen molar-refractivity contribution >= 4 is 11.9 Å². The second-order valence-corrected chi connectivity index (χ2v) is 9.89. The molecule has 0 heterocycles. The van der Waals surface area contributed by atoms with Gasteiger partial charge >= 0.3 is 11.9 Å². The number of carboxylic acid groups (broad SMARTS) is 2. The van der Waals surface area contributed by atoms with Crippen LogP contribution in [0.4, 0.5) is 0 Å². The maximum Gasteiger partial charge on any atom is 0.336 e. The van der Waals surface area contributed by atoms with E-state index in [1.807, 2.05) is 0 Å². The van der Waals surface area contributed by atoms with Crippen molar-refractivity contribution < 1.29 is 19.8 Å². The molecule has 1 rings (SSSR count). The Morgan fingerprint density at radius 1 is 0.559 bits per heavy atom. The van der Waals surface area contributed by atoms with Crippen molar-refractivity contribution in [3.63, 3.8) is 0 Å². The van der Waals surface area contributed by atoms with Gasteiger partial charge in [-0.1, -0.05) is 123 Å².